The van der Waals surface area contributed by atoms with Gasteiger partial charge in [-0.2, -0.15) is 0 Å². The zero-order valence-corrected chi connectivity index (χ0v) is 14.8. The van der Waals surface area contributed by atoms with Crippen LogP contribution in [0.3, 0.4) is 0 Å². The van der Waals surface area contributed by atoms with E-state index in [-0.39, 0.29) is 23.6 Å². The van der Waals surface area contributed by atoms with Crippen molar-refractivity contribution in [3.63, 3.8) is 0 Å². The lowest BCUT2D eigenvalue weighted by atomic mass is 9.93. The van der Waals surface area contributed by atoms with Gasteiger partial charge < -0.3 is 19.3 Å². The van der Waals surface area contributed by atoms with Gasteiger partial charge in [0.05, 0.1) is 12.7 Å². The van der Waals surface area contributed by atoms with E-state index in [1.807, 2.05) is 55.5 Å². The molecule has 2 fully saturated rings. The zero-order valence-electron chi connectivity index (χ0n) is 14.0. The molecule has 2 aliphatic rings. The Labute approximate surface area is 152 Å². The maximum Gasteiger partial charge on any atom is 0.184 e. The molecule has 0 aromatic heterocycles. The van der Waals surface area contributed by atoms with Crippen molar-refractivity contribution in [2.75, 3.05) is 6.61 Å². The number of benzene rings is 2. The smallest absolute Gasteiger partial charge is 0.184 e. The van der Waals surface area contributed by atoms with Gasteiger partial charge in [-0.1, -0.05) is 67.2 Å². The first kappa shape index (κ1) is 17.1. The van der Waals surface area contributed by atoms with E-state index in [4.69, 9.17) is 14.2 Å². The van der Waals surface area contributed by atoms with Gasteiger partial charge in [-0.3, -0.25) is 0 Å². The number of aliphatic hydroxyl groups is 1. The van der Waals surface area contributed by atoms with Crippen LogP contribution in [-0.2, 0) is 14.2 Å². The third-order valence-corrected chi connectivity index (χ3v) is 6.06. The lowest BCUT2D eigenvalue weighted by Crippen LogP contribution is -2.57. The molecule has 5 heteroatoms. The second kappa shape index (κ2) is 7.48. The summed E-state index contributed by atoms with van der Waals surface area (Å²) in [4.78, 5) is 1.13. The number of fused-ring (bicyclic) bond motifs is 1. The van der Waals surface area contributed by atoms with E-state index in [9.17, 15) is 5.11 Å². The van der Waals surface area contributed by atoms with Crippen LogP contribution in [-0.4, -0.2) is 35.5 Å². The summed E-state index contributed by atoms with van der Waals surface area (Å²) < 4.78 is 18.1. The van der Waals surface area contributed by atoms with Gasteiger partial charge in [-0.15, -0.1) is 0 Å². The quantitative estimate of drug-likeness (QED) is 0.908. The maximum atomic E-state index is 10.8. The number of hydrogen-bond acceptors (Lipinski definition) is 5. The maximum absolute atomic E-state index is 10.8. The first-order valence-corrected chi connectivity index (χ1v) is 9.47. The third-order valence-electron chi connectivity index (χ3n) is 4.74. The van der Waals surface area contributed by atoms with Crippen molar-refractivity contribution < 1.29 is 19.3 Å². The summed E-state index contributed by atoms with van der Waals surface area (Å²) in [6.45, 7) is 2.43. The zero-order chi connectivity index (χ0) is 17.2. The standard InChI is InChI=1S/C20H22O4S/c1-13-17(21)18-16(23-20(13)25-15-10-6-3-7-11-15)12-22-19(24-18)14-8-4-2-5-9-14/h2-11,13,16-21H,12H2,1H3/t13-,16-,17-,18-,19-,20-/m1/s1. The Kier molecular flexibility index (Phi) is 5.10. The molecule has 6 atom stereocenters. The lowest BCUT2D eigenvalue weighted by Gasteiger charge is -2.47. The van der Waals surface area contributed by atoms with Crippen molar-refractivity contribution in [2.24, 2.45) is 5.92 Å². The normalized spacial score (nSPS) is 35.1. The van der Waals surface area contributed by atoms with Gasteiger partial charge in [0.15, 0.2) is 6.29 Å². The first-order valence-electron chi connectivity index (χ1n) is 8.59. The van der Waals surface area contributed by atoms with Crippen molar-refractivity contribution in [3.05, 3.63) is 66.2 Å². The van der Waals surface area contributed by atoms with Gasteiger partial charge in [0, 0.05) is 16.4 Å². The monoisotopic (exact) mass is 358 g/mol. The second-order valence-electron chi connectivity index (χ2n) is 6.50. The Morgan fingerprint density at radius 3 is 2.36 bits per heavy atom. The summed E-state index contributed by atoms with van der Waals surface area (Å²) in [5.41, 5.74) is 0.834. The van der Waals surface area contributed by atoms with Crippen molar-refractivity contribution in [2.45, 2.75) is 41.9 Å². The number of rotatable bonds is 3. The summed E-state index contributed by atoms with van der Waals surface area (Å²) in [6, 6.07) is 19.9. The number of aliphatic hydroxyl groups excluding tert-OH is 1. The van der Waals surface area contributed by atoms with Crippen LogP contribution in [0.1, 0.15) is 18.8 Å². The summed E-state index contributed by atoms with van der Waals surface area (Å²) >= 11 is 1.64. The molecule has 0 bridgehead atoms. The molecule has 0 saturated carbocycles. The molecule has 2 aliphatic heterocycles. The lowest BCUT2D eigenvalue weighted by molar-refractivity contribution is -0.311. The fourth-order valence-electron chi connectivity index (χ4n) is 3.27. The Morgan fingerprint density at radius 2 is 1.64 bits per heavy atom. The molecule has 132 valence electrons. The van der Waals surface area contributed by atoms with Crippen molar-refractivity contribution >= 4 is 11.8 Å². The molecule has 0 amide bonds. The van der Waals surface area contributed by atoms with Gasteiger partial charge in [-0.25, -0.2) is 0 Å². The van der Waals surface area contributed by atoms with Gasteiger partial charge in [0.1, 0.15) is 17.6 Å². The first-order chi connectivity index (χ1) is 12.2. The molecule has 2 aromatic carbocycles. The van der Waals surface area contributed by atoms with E-state index >= 15 is 0 Å². The highest BCUT2D eigenvalue weighted by molar-refractivity contribution is 7.99. The Morgan fingerprint density at radius 1 is 0.960 bits per heavy atom. The average Bonchev–Trinajstić information content (AvgIpc) is 2.67. The van der Waals surface area contributed by atoms with Crippen molar-refractivity contribution in [3.8, 4) is 0 Å². The van der Waals surface area contributed by atoms with Crippen LogP contribution in [0.2, 0.25) is 0 Å². The minimum Gasteiger partial charge on any atom is -0.390 e. The van der Waals surface area contributed by atoms with Crippen LogP contribution in [0.15, 0.2) is 65.6 Å². The third kappa shape index (κ3) is 3.61. The van der Waals surface area contributed by atoms with Crippen LogP contribution in [0.5, 0.6) is 0 Å². The summed E-state index contributed by atoms with van der Waals surface area (Å²) in [5, 5.41) is 10.8. The SMILES string of the molecule is C[C@@H]1[C@@H](O)[C@@H]2O[C@H](c3ccccc3)OC[C@H]2O[C@@H]1Sc1ccccc1. The van der Waals surface area contributed by atoms with Crippen LogP contribution < -0.4 is 0 Å². The minimum atomic E-state index is -0.588. The molecular formula is C20H22O4S. The van der Waals surface area contributed by atoms with Crippen molar-refractivity contribution in [1.29, 1.82) is 0 Å². The minimum absolute atomic E-state index is 0.0408. The molecule has 2 aromatic rings. The largest absolute Gasteiger partial charge is 0.390 e. The van der Waals surface area contributed by atoms with E-state index < -0.39 is 12.4 Å². The van der Waals surface area contributed by atoms with E-state index in [1.54, 1.807) is 11.8 Å². The molecule has 0 spiro atoms. The highest BCUT2D eigenvalue weighted by Crippen LogP contribution is 2.41. The Balaban J connectivity index is 1.46. The molecular weight excluding hydrogens is 336 g/mol. The molecule has 1 N–H and O–H groups in total. The molecule has 2 saturated heterocycles. The average molecular weight is 358 g/mol. The van der Waals surface area contributed by atoms with E-state index in [0.717, 1.165) is 10.5 Å². The molecule has 4 rings (SSSR count). The molecule has 0 aliphatic carbocycles. The predicted octanol–water partition coefficient (Wildman–Crippen LogP) is 3.61. The molecule has 25 heavy (non-hydrogen) atoms. The fraction of sp³-hybridized carbons (Fsp3) is 0.400. The predicted molar refractivity (Wildman–Crippen MR) is 96.1 cm³/mol. The van der Waals surface area contributed by atoms with Gasteiger partial charge in [-0.05, 0) is 12.1 Å². The number of thioether (sulfide) groups is 1. The van der Waals surface area contributed by atoms with E-state index in [2.05, 4.69) is 12.1 Å². The van der Waals surface area contributed by atoms with E-state index in [1.165, 1.54) is 0 Å². The van der Waals surface area contributed by atoms with Crippen LogP contribution in [0.25, 0.3) is 0 Å². The summed E-state index contributed by atoms with van der Waals surface area (Å²) in [6.07, 6.45) is -1.67. The molecule has 4 nitrogen and oxygen atoms in total. The number of ether oxygens (including phenoxy) is 3. The molecule has 0 radical (unpaired) electrons. The van der Waals surface area contributed by atoms with Gasteiger partial charge in [0.25, 0.3) is 0 Å². The second-order valence-corrected chi connectivity index (χ2v) is 7.67. The number of hydrogen-bond donors (Lipinski definition) is 1. The Bertz CT molecular complexity index is 679. The Hall–Kier alpha value is -1.37. The molecule has 0 unspecified atom stereocenters. The topological polar surface area (TPSA) is 47.9 Å². The van der Waals surface area contributed by atoms with Gasteiger partial charge >= 0.3 is 0 Å². The molecule has 2 heterocycles. The van der Waals surface area contributed by atoms with E-state index in [0.29, 0.717) is 6.61 Å². The van der Waals surface area contributed by atoms with Crippen molar-refractivity contribution in [1.82, 2.24) is 0 Å². The van der Waals surface area contributed by atoms with Crippen LogP contribution in [0, 0.1) is 5.92 Å². The summed E-state index contributed by atoms with van der Waals surface area (Å²) in [7, 11) is 0. The fourth-order valence-corrected chi connectivity index (χ4v) is 4.43. The highest BCUT2D eigenvalue weighted by atomic mass is 32.2. The highest BCUT2D eigenvalue weighted by Gasteiger charge is 2.47. The van der Waals surface area contributed by atoms with Crippen LogP contribution in [0.4, 0.5) is 0 Å². The summed E-state index contributed by atoms with van der Waals surface area (Å²) in [5.74, 6) is -0.0408. The van der Waals surface area contributed by atoms with Crippen LogP contribution >= 0.6 is 11.8 Å². The van der Waals surface area contributed by atoms with Gasteiger partial charge in [0.2, 0.25) is 0 Å².